The molecule has 4 rings (SSSR count). The molecule has 7 nitrogen and oxygen atoms in total. The first-order valence-electron chi connectivity index (χ1n) is 8.98. The number of nitrogens with one attached hydrogen (secondary N) is 1. The number of hydrogen-bond donors (Lipinski definition) is 1. The molecule has 2 heterocycles. The summed E-state index contributed by atoms with van der Waals surface area (Å²) in [5.41, 5.74) is 1.05. The molecule has 2 aromatic carbocycles. The number of amidine groups is 1. The van der Waals surface area contributed by atoms with E-state index in [0.717, 1.165) is 22.8 Å². The summed E-state index contributed by atoms with van der Waals surface area (Å²) >= 11 is 3.39. The Morgan fingerprint density at radius 3 is 2.62 bits per heavy atom. The van der Waals surface area contributed by atoms with Gasteiger partial charge in [-0.2, -0.15) is 8.42 Å². The lowest BCUT2D eigenvalue weighted by Crippen LogP contribution is -2.20. The zero-order valence-corrected chi connectivity index (χ0v) is 18.0. The van der Waals surface area contributed by atoms with Gasteiger partial charge in [0.2, 0.25) is 0 Å². The van der Waals surface area contributed by atoms with Crippen LogP contribution < -0.4 is 5.32 Å². The van der Waals surface area contributed by atoms with Crippen LogP contribution in [0.25, 0.3) is 11.0 Å². The van der Waals surface area contributed by atoms with Crippen LogP contribution in [0.1, 0.15) is 23.4 Å². The Morgan fingerprint density at radius 1 is 1.21 bits per heavy atom. The maximum atomic E-state index is 12.5. The molecule has 0 spiro atoms. The van der Waals surface area contributed by atoms with E-state index >= 15 is 0 Å². The van der Waals surface area contributed by atoms with E-state index in [-0.39, 0.29) is 10.7 Å². The fraction of sp³-hybridized carbons (Fsp3) is 0.200. The normalized spacial score (nSPS) is 15.9. The molecule has 0 aliphatic carbocycles. The lowest BCUT2D eigenvalue weighted by atomic mass is 10.2. The highest BCUT2D eigenvalue weighted by molar-refractivity contribution is 9.10. The number of carbonyl (C=O) groups excluding carboxylic acids is 1. The highest BCUT2D eigenvalue weighted by Crippen LogP contribution is 2.27. The molecule has 150 valence electrons. The number of hydrogen-bond acceptors (Lipinski definition) is 4. The number of carbonyl (C=O) groups is 1. The van der Waals surface area contributed by atoms with Crippen LogP contribution >= 0.6 is 15.9 Å². The Hall–Kier alpha value is -2.65. The van der Waals surface area contributed by atoms with Gasteiger partial charge in [0, 0.05) is 31.1 Å². The molecule has 29 heavy (non-hydrogen) atoms. The second kappa shape index (κ2) is 7.64. The van der Waals surface area contributed by atoms with Crippen LogP contribution in [-0.2, 0) is 10.0 Å². The van der Waals surface area contributed by atoms with E-state index < -0.39 is 15.9 Å². The van der Waals surface area contributed by atoms with E-state index in [1.165, 1.54) is 24.3 Å². The molecule has 3 aromatic rings. The predicted molar refractivity (Wildman–Crippen MR) is 115 cm³/mol. The van der Waals surface area contributed by atoms with Crippen LogP contribution in [0.15, 0.2) is 66.7 Å². The standard InChI is InChI=1S/C20H18BrN3O4S/c1-24-11-3-6-18(24)23-29(26,27)15-9-7-14(8-10-15)22-20(25)17-12-13-4-2-5-16(21)19(13)28-17/h2,4-5,7-10,12H,3,6,11H2,1H3,(H,22,25). The predicted octanol–water partition coefficient (Wildman–Crippen LogP) is 4.26. The molecular formula is C20H18BrN3O4S. The number of nitrogens with zero attached hydrogens (tertiary/aromatic N) is 2. The van der Waals surface area contributed by atoms with E-state index in [0.29, 0.717) is 23.5 Å². The van der Waals surface area contributed by atoms with Crippen molar-refractivity contribution in [2.45, 2.75) is 17.7 Å². The zero-order valence-electron chi connectivity index (χ0n) is 15.6. The number of likely N-dealkylation sites (tertiary alicyclic amines) is 1. The topological polar surface area (TPSA) is 92.0 Å². The van der Waals surface area contributed by atoms with Gasteiger partial charge in [0.25, 0.3) is 15.9 Å². The molecule has 1 amide bonds. The number of anilines is 1. The van der Waals surface area contributed by atoms with Crippen molar-refractivity contribution < 1.29 is 17.6 Å². The van der Waals surface area contributed by atoms with E-state index in [1.807, 2.05) is 30.1 Å². The molecule has 1 saturated heterocycles. The van der Waals surface area contributed by atoms with Crippen molar-refractivity contribution in [3.63, 3.8) is 0 Å². The van der Waals surface area contributed by atoms with Gasteiger partial charge in [-0.25, -0.2) is 0 Å². The molecule has 0 atom stereocenters. The minimum atomic E-state index is -3.79. The van der Waals surface area contributed by atoms with Crippen molar-refractivity contribution in [3.8, 4) is 0 Å². The van der Waals surface area contributed by atoms with E-state index in [9.17, 15) is 13.2 Å². The smallest absolute Gasteiger partial charge is 0.291 e. The zero-order chi connectivity index (χ0) is 20.6. The van der Waals surface area contributed by atoms with Crippen molar-refractivity contribution in [1.29, 1.82) is 0 Å². The SMILES string of the molecule is CN1CCCC1=NS(=O)(=O)c1ccc(NC(=O)c2cc3cccc(Br)c3o2)cc1. The van der Waals surface area contributed by atoms with Crippen LogP contribution in [0, 0.1) is 0 Å². The number of benzene rings is 2. The number of fused-ring (bicyclic) bond motifs is 1. The first-order chi connectivity index (χ1) is 13.8. The summed E-state index contributed by atoms with van der Waals surface area (Å²) < 4.78 is 35.3. The molecule has 0 unspecified atom stereocenters. The first-order valence-corrected chi connectivity index (χ1v) is 11.2. The van der Waals surface area contributed by atoms with Crippen molar-refractivity contribution in [3.05, 3.63) is 58.8 Å². The number of para-hydroxylation sites is 1. The molecule has 1 N–H and O–H groups in total. The minimum absolute atomic E-state index is 0.0796. The average Bonchev–Trinajstić information content (AvgIpc) is 3.29. The van der Waals surface area contributed by atoms with E-state index in [4.69, 9.17) is 4.42 Å². The van der Waals surface area contributed by atoms with Crippen LogP contribution in [0.4, 0.5) is 5.69 Å². The van der Waals surface area contributed by atoms with Gasteiger partial charge in [-0.1, -0.05) is 12.1 Å². The van der Waals surface area contributed by atoms with Gasteiger partial charge in [-0.15, -0.1) is 4.40 Å². The number of halogens is 1. The number of furan rings is 1. The third kappa shape index (κ3) is 4.06. The lowest BCUT2D eigenvalue weighted by molar-refractivity contribution is 0.0998. The number of rotatable bonds is 4. The maximum absolute atomic E-state index is 12.5. The van der Waals surface area contributed by atoms with Gasteiger partial charge in [0.1, 0.15) is 11.4 Å². The summed E-state index contributed by atoms with van der Waals surface area (Å²) in [6.45, 7) is 0.803. The molecule has 1 aromatic heterocycles. The molecule has 0 saturated carbocycles. The largest absolute Gasteiger partial charge is 0.450 e. The van der Waals surface area contributed by atoms with Crippen LogP contribution in [0.3, 0.4) is 0 Å². The summed E-state index contributed by atoms with van der Waals surface area (Å²) in [4.78, 5) is 14.4. The van der Waals surface area contributed by atoms with E-state index in [1.54, 1.807) is 6.07 Å². The summed E-state index contributed by atoms with van der Waals surface area (Å²) in [7, 11) is -1.96. The van der Waals surface area contributed by atoms with Gasteiger partial charge < -0.3 is 14.6 Å². The number of sulfonamides is 1. The highest BCUT2D eigenvalue weighted by Gasteiger charge is 2.20. The fourth-order valence-corrected chi connectivity index (χ4v) is 4.70. The van der Waals surface area contributed by atoms with Crippen molar-refractivity contribution in [1.82, 2.24) is 4.90 Å². The molecule has 1 aliphatic heterocycles. The Kier molecular flexibility index (Phi) is 5.18. The fourth-order valence-electron chi connectivity index (χ4n) is 3.14. The summed E-state index contributed by atoms with van der Waals surface area (Å²) in [6.07, 6.45) is 1.55. The Morgan fingerprint density at radius 2 is 1.97 bits per heavy atom. The Bertz CT molecular complexity index is 1220. The monoisotopic (exact) mass is 475 g/mol. The first kappa shape index (κ1) is 19.7. The molecule has 1 fully saturated rings. The van der Waals surface area contributed by atoms with Gasteiger partial charge in [-0.05, 0) is 58.7 Å². The molecule has 1 aliphatic rings. The van der Waals surface area contributed by atoms with Crippen LogP contribution in [0.2, 0.25) is 0 Å². The molecule has 0 radical (unpaired) electrons. The van der Waals surface area contributed by atoms with Gasteiger partial charge in [0.05, 0.1) is 9.37 Å². The number of amides is 1. The van der Waals surface area contributed by atoms with Crippen molar-refractivity contribution in [2.75, 3.05) is 18.9 Å². The highest BCUT2D eigenvalue weighted by atomic mass is 79.9. The summed E-state index contributed by atoms with van der Waals surface area (Å²) in [6, 6.07) is 13.1. The van der Waals surface area contributed by atoms with Crippen LogP contribution in [0.5, 0.6) is 0 Å². The van der Waals surface area contributed by atoms with E-state index in [2.05, 4.69) is 25.6 Å². The molecule has 0 bridgehead atoms. The quantitative estimate of drug-likeness (QED) is 0.608. The Balaban J connectivity index is 1.51. The Labute approximate surface area is 176 Å². The lowest BCUT2D eigenvalue weighted by Gasteiger charge is -2.11. The van der Waals surface area contributed by atoms with Gasteiger partial charge >= 0.3 is 0 Å². The summed E-state index contributed by atoms with van der Waals surface area (Å²) in [5.74, 6) is 0.314. The second-order valence-corrected chi connectivity index (χ2v) is 9.21. The summed E-state index contributed by atoms with van der Waals surface area (Å²) in [5, 5.41) is 3.52. The van der Waals surface area contributed by atoms with Crippen LogP contribution in [-0.4, -0.2) is 38.7 Å². The second-order valence-electron chi connectivity index (χ2n) is 6.76. The maximum Gasteiger partial charge on any atom is 0.291 e. The molecular weight excluding hydrogens is 458 g/mol. The van der Waals surface area contributed by atoms with Gasteiger partial charge in [-0.3, -0.25) is 4.79 Å². The van der Waals surface area contributed by atoms with Crippen molar-refractivity contribution in [2.24, 2.45) is 4.40 Å². The van der Waals surface area contributed by atoms with Gasteiger partial charge in [0.15, 0.2) is 5.76 Å². The van der Waals surface area contributed by atoms with Crippen molar-refractivity contribution >= 4 is 54.4 Å². The third-order valence-electron chi connectivity index (χ3n) is 4.69. The minimum Gasteiger partial charge on any atom is -0.450 e. The third-order valence-corrected chi connectivity index (χ3v) is 6.63. The molecule has 9 heteroatoms. The average molecular weight is 476 g/mol.